The average Bonchev–Trinajstić information content (AvgIpc) is 3.37. The van der Waals surface area contributed by atoms with Gasteiger partial charge >= 0.3 is 0 Å². The van der Waals surface area contributed by atoms with Crippen molar-refractivity contribution < 1.29 is 9.59 Å². The molecule has 6 heteroatoms. The molecule has 4 rings (SSSR count). The summed E-state index contributed by atoms with van der Waals surface area (Å²) in [5, 5.41) is 3.16. The maximum Gasteiger partial charge on any atom is 0.242 e. The standard InChI is InChI=1S/C22H30N4O2/c1-16(23-22(28)17-9-3-2-4-10-17)21-24-18-11-5-6-12-19(18)26(21)15-20(27)25-13-7-8-14-25/h5-6,11-12,16-17H,2-4,7-10,13-15H2,1H3,(H,23,28). The SMILES string of the molecule is CC(NC(=O)C1CCCCC1)c1nc2ccccc2n1CC(=O)N1CCCC1. The molecule has 1 unspecified atom stereocenters. The van der Waals surface area contributed by atoms with Crippen LogP contribution in [0, 0.1) is 5.92 Å². The number of benzene rings is 1. The van der Waals surface area contributed by atoms with E-state index >= 15 is 0 Å². The van der Waals surface area contributed by atoms with Gasteiger partial charge in [-0.15, -0.1) is 0 Å². The fraction of sp³-hybridized carbons (Fsp3) is 0.591. The van der Waals surface area contributed by atoms with E-state index in [0.29, 0.717) is 0 Å². The lowest BCUT2D eigenvalue weighted by Crippen LogP contribution is -2.36. The van der Waals surface area contributed by atoms with Crippen molar-refractivity contribution in [3.8, 4) is 0 Å². The number of carbonyl (C=O) groups excluding carboxylic acids is 2. The number of hydrogen-bond donors (Lipinski definition) is 1. The van der Waals surface area contributed by atoms with E-state index in [0.717, 1.165) is 68.5 Å². The molecule has 1 aromatic carbocycles. The molecule has 2 aliphatic rings. The lowest BCUT2D eigenvalue weighted by Gasteiger charge is -2.24. The lowest BCUT2D eigenvalue weighted by atomic mass is 9.88. The molecule has 0 radical (unpaired) electrons. The van der Waals surface area contributed by atoms with Crippen molar-refractivity contribution >= 4 is 22.8 Å². The first-order valence-electron chi connectivity index (χ1n) is 10.7. The predicted octanol–water partition coefficient (Wildman–Crippen LogP) is 3.42. The Morgan fingerprint density at radius 3 is 2.57 bits per heavy atom. The lowest BCUT2D eigenvalue weighted by molar-refractivity contribution is -0.130. The molecular formula is C22H30N4O2. The minimum Gasteiger partial charge on any atom is -0.346 e. The van der Waals surface area contributed by atoms with Crippen LogP contribution in [0.2, 0.25) is 0 Å². The van der Waals surface area contributed by atoms with Gasteiger partial charge in [-0.05, 0) is 44.7 Å². The number of para-hydroxylation sites is 2. The van der Waals surface area contributed by atoms with Crippen LogP contribution in [0.15, 0.2) is 24.3 Å². The van der Waals surface area contributed by atoms with Gasteiger partial charge in [-0.3, -0.25) is 9.59 Å². The van der Waals surface area contributed by atoms with Gasteiger partial charge in [0.15, 0.2) is 0 Å². The Kier molecular flexibility index (Phi) is 5.64. The highest BCUT2D eigenvalue weighted by atomic mass is 16.2. The van der Waals surface area contributed by atoms with Crippen molar-refractivity contribution in [1.29, 1.82) is 0 Å². The van der Waals surface area contributed by atoms with Crippen molar-refractivity contribution in [3.05, 3.63) is 30.1 Å². The van der Waals surface area contributed by atoms with Gasteiger partial charge in [0.2, 0.25) is 11.8 Å². The first-order valence-corrected chi connectivity index (χ1v) is 10.7. The second-order valence-electron chi connectivity index (χ2n) is 8.20. The first-order chi connectivity index (χ1) is 13.6. The predicted molar refractivity (Wildman–Crippen MR) is 109 cm³/mol. The smallest absolute Gasteiger partial charge is 0.242 e. The van der Waals surface area contributed by atoms with E-state index in [1.165, 1.54) is 6.42 Å². The molecule has 0 bridgehead atoms. The third-order valence-corrected chi connectivity index (χ3v) is 6.16. The highest BCUT2D eigenvalue weighted by Crippen LogP contribution is 2.26. The van der Waals surface area contributed by atoms with E-state index in [4.69, 9.17) is 4.98 Å². The zero-order valence-electron chi connectivity index (χ0n) is 16.7. The summed E-state index contributed by atoms with van der Waals surface area (Å²) in [5.41, 5.74) is 1.81. The Morgan fingerprint density at radius 1 is 1.11 bits per heavy atom. The summed E-state index contributed by atoms with van der Waals surface area (Å²) in [4.78, 5) is 32.2. The maximum absolute atomic E-state index is 12.8. The number of rotatable bonds is 5. The summed E-state index contributed by atoms with van der Waals surface area (Å²) in [5.74, 6) is 1.13. The Morgan fingerprint density at radius 2 is 1.82 bits per heavy atom. The number of likely N-dealkylation sites (tertiary alicyclic amines) is 1. The second-order valence-corrected chi connectivity index (χ2v) is 8.20. The number of fused-ring (bicyclic) bond motifs is 1. The molecule has 28 heavy (non-hydrogen) atoms. The van der Waals surface area contributed by atoms with Crippen molar-refractivity contribution in [2.24, 2.45) is 5.92 Å². The number of hydrogen-bond acceptors (Lipinski definition) is 3. The van der Waals surface area contributed by atoms with Crippen LogP contribution in [0.25, 0.3) is 11.0 Å². The quantitative estimate of drug-likeness (QED) is 0.862. The number of nitrogens with zero attached hydrogens (tertiary/aromatic N) is 3. The van der Waals surface area contributed by atoms with Crippen LogP contribution >= 0.6 is 0 Å². The van der Waals surface area contributed by atoms with Gasteiger partial charge in [0.25, 0.3) is 0 Å². The van der Waals surface area contributed by atoms with Crippen molar-refractivity contribution in [2.45, 2.75) is 64.5 Å². The van der Waals surface area contributed by atoms with E-state index in [1.807, 2.05) is 40.7 Å². The minimum atomic E-state index is -0.229. The molecule has 1 saturated carbocycles. The molecule has 1 atom stereocenters. The van der Waals surface area contributed by atoms with Crippen LogP contribution in [-0.2, 0) is 16.1 Å². The molecule has 2 fully saturated rings. The molecule has 1 aliphatic heterocycles. The minimum absolute atomic E-state index is 0.111. The molecule has 2 aromatic rings. The van der Waals surface area contributed by atoms with Crippen LogP contribution in [-0.4, -0.2) is 39.4 Å². The monoisotopic (exact) mass is 382 g/mol. The van der Waals surface area contributed by atoms with Gasteiger partial charge in [-0.25, -0.2) is 4.98 Å². The van der Waals surface area contributed by atoms with E-state index in [1.54, 1.807) is 0 Å². The molecule has 1 aromatic heterocycles. The third kappa shape index (κ3) is 3.91. The van der Waals surface area contributed by atoms with Gasteiger partial charge in [-0.2, -0.15) is 0 Å². The Labute approximate surface area is 166 Å². The third-order valence-electron chi connectivity index (χ3n) is 6.16. The van der Waals surface area contributed by atoms with Gasteiger partial charge in [0.05, 0.1) is 17.1 Å². The molecule has 150 valence electrons. The summed E-state index contributed by atoms with van der Waals surface area (Å²) < 4.78 is 1.99. The molecule has 1 saturated heterocycles. The van der Waals surface area contributed by atoms with Crippen LogP contribution in [0.5, 0.6) is 0 Å². The van der Waals surface area contributed by atoms with Crippen molar-refractivity contribution in [2.75, 3.05) is 13.1 Å². The molecule has 1 N–H and O–H groups in total. The fourth-order valence-corrected chi connectivity index (χ4v) is 4.55. The van der Waals surface area contributed by atoms with Crippen LogP contribution in [0.3, 0.4) is 0 Å². The molecule has 2 heterocycles. The van der Waals surface area contributed by atoms with Crippen molar-refractivity contribution in [1.82, 2.24) is 19.8 Å². The first kappa shape index (κ1) is 19.0. The second kappa shape index (κ2) is 8.33. The van der Waals surface area contributed by atoms with E-state index in [-0.39, 0.29) is 30.3 Å². The molecule has 0 spiro atoms. The normalized spacial score (nSPS) is 19.1. The number of amides is 2. The number of nitrogens with one attached hydrogen (secondary N) is 1. The Balaban J connectivity index is 1.56. The zero-order valence-corrected chi connectivity index (χ0v) is 16.7. The molecular weight excluding hydrogens is 352 g/mol. The number of imidazole rings is 1. The summed E-state index contributed by atoms with van der Waals surface area (Å²) in [6.07, 6.45) is 7.61. The zero-order chi connectivity index (χ0) is 19.5. The largest absolute Gasteiger partial charge is 0.346 e. The number of carbonyl (C=O) groups is 2. The van der Waals surface area contributed by atoms with Crippen LogP contribution in [0.1, 0.15) is 63.7 Å². The van der Waals surface area contributed by atoms with E-state index < -0.39 is 0 Å². The summed E-state index contributed by atoms with van der Waals surface area (Å²) in [7, 11) is 0. The van der Waals surface area contributed by atoms with E-state index in [2.05, 4.69) is 5.32 Å². The summed E-state index contributed by atoms with van der Waals surface area (Å²) in [6.45, 7) is 3.93. The van der Waals surface area contributed by atoms with Gasteiger partial charge < -0.3 is 14.8 Å². The van der Waals surface area contributed by atoms with E-state index in [9.17, 15) is 9.59 Å². The highest BCUT2D eigenvalue weighted by molar-refractivity contribution is 5.82. The summed E-state index contributed by atoms with van der Waals surface area (Å²) in [6, 6.07) is 7.66. The Bertz CT molecular complexity index is 847. The Hall–Kier alpha value is -2.37. The molecule has 6 nitrogen and oxygen atoms in total. The van der Waals surface area contributed by atoms with Crippen molar-refractivity contribution in [3.63, 3.8) is 0 Å². The topological polar surface area (TPSA) is 67.2 Å². The average molecular weight is 383 g/mol. The van der Waals surface area contributed by atoms with Gasteiger partial charge in [0, 0.05) is 19.0 Å². The fourth-order valence-electron chi connectivity index (χ4n) is 4.55. The molecule has 1 aliphatic carbocycles. The van der Waals surface area contributed by atoms with Gasteiger partial charge in [0.1, 0.15) is 12.4 Å². The summed E-state index contributed by atoms with van der Waals surface area (Å²) >= 11 is 0. The van der Waals surface area contributed by atoms with Crippen LogP contribution in [0.4, 0.5) is 0 Å². The van der Waals surface area contributed by atoms with Gasteiger partial charge in [-0.1, -0.05) is 31.4 Å². The maximum atomic E-state index is 12.8. The molecule has 2 amide bonds. The number of aromatic nitrogens is 2. The van der Waals surface area contributed by atoms with Crippen LogP contribution < -0.4 is 5.32 Å². The highest BCUT2D eigenvalue weighted by Gasteiger charge is 2.26.